The normalized spacial score (nSPS) is 12.7. The van der Waals surface area contributed by atoms with Crippen molar-refractivity contribution in [2.75, 3.05) is 0 Å². The predicted octanol–water partition coefficient (Wildman–Crippen LogP) is 5.65. The number of hydrogen-bond acceptors (Lipinski definition) is 2. The third kappa shape index (κ3) is 3.34. The molecule has 0 aliphatic rings. The Morgan fingerprint density at radius 1 is 1.19 bits per heavy atom. The molecule has 0 aliphatic carbocycles. The van der Waals surface area contributed by atoms with Crippen LogP contribution in [0.2, 0.25) is 0 Å². The minimum Gasteiger partial charge on any atom is -0.305 e. The minimum atomic E-state index is -0.204. The number of hydrogen-bond donors (Lipinski definition) is 1. The van der Waals surface area contributed by atoms with Crippen molar-refractivity contribution in [3.63, 3.8) is 0 Å². The molecule has 108 valence electrons. The molecule has 0 saturated heterocycles. The van der Waals surface area contributed by atoms with Crippen LogP contribution in [-0.2, 0) is 6.54 Å². The summed E-state index contributed by atoms with van der Waals surface area (Å²) in [6.45, 7) is 2.77. The van der Waals surface area contributed by atoms with Gasteiger partial charge in [0.2, 0.25) is 0 Å². The van der Waals surface area contributed by atoms with Gasteiger partial charge in [0, 0.05) is 26.6 Å². The summed E-state index contributed by atoms with van der Waals surface area (Å²) in [5.41, 5.74) is 0.933. The second kappa shape index (κ2) is 6.26. The number of rotatable bonds is 4. The molecule has 2 aromatic carbocycles. The van der Waals surface area contributed by atoms with Crippen molar-refractivity contribution in [2.45, 2.75) is 19.5 Å². The van der Waals surface area contributed by atoms with Gasteiger partial charge in [-0.3, -0.25) is 0 Å². The predicted molar refractivity (Wildman–Crippen MR) is 91.2 cm³/mol. The van der Waals surface area contributed by atoms with E-state index in [0.29, 0.717) is 6.54 Å². The number of fused-ring (bicyclic) bond motifs is 1. The van der Waals surface area contributed by atoms with Crippen LogP contribution in [0.25, 0.3) is 10.1 Å². The van der Waals surface area contributed by atoms with E-state index in [1.54, 1.807) is 23.5 Å². The summed E-state index contributed by atoms with van der Waals surface area (Å²) < 4.78 is 15.5. The first-order valence-electron chi connectivity index (χ1n) is 6.79. The quantitative estimate of drug-likeness (QED) is 0.630. The van der Waals surface area contributed by atoms with Crippen molar-refractivity contribution in [1.29, 1.82) is 0 Å². The van der Waals surface area contributed by atoms with Gasteiger partial charge in [-0.2, -0.15) is 0 Å². The van der Waals surface area contributed by atoms with Crippen LogP contribution in [0.1, 0.15) is 23.4 Å². The molecule has 0 spiro atoms. The Bertz CT molecular complexity index is 735. The SMILES string of the molecule is CC(NCc1cc(F)ccc1Br)c1cc2ccccc2s1. The average Bonchev–Trinajstić information content (AvgIpc) is 2.92. The first kappa shape index (κ1) is 14.7. The van der Waals surface area contributed by atoms with Crippen LogP contribution in [0.5, 0.6) is 0 Å². The second-order valence-corrected chi connectivity index (χ2v) is 6.99. The molecule has 1 N–H and O–H groups in total. The fraction of sp³-hybridized carbons (Fsp3) is 0.176. The Morgan fingerprint density at radius 3 is 2.81 bits per heavy atom. The Kier molecular flexibility index (Phi) is 4.38. The maximum Gasteiger partial charge on any atom is 0.123 e. The Hall–Kier alpha value is -1.23. The number of benzene rings is 2. The van der Waals surface area contributed by atoms with E-state index >= 15 is 0 Å². The standard InChI is InChI=1S/C17H15BrFNS/c1-11(17-9-12-4-2-3-5-16(12)21-17)20-10-13-8-14(19)6-7-15(13)18/h2-9,11,20H,10H2,1H3. The molecule has 0 saturated carbocycles. The van der Waals surface area contributed by atoms with Crippen molar-refractivity contribution in [3.8, 4) is 0 Å². The van der Waals surface area contributed by atoms with E-state index in [1.807, 2.05) is 0 Å². The molecule has 0 radical (unpaired) electrons. The van der Waals surface area contributed by atoms with Gasteiger partial charge in [0.05, 0.1) is 0 Å². The summed E-state index contributed by atoms with van der Waals surface area (Å²) in [7, 11) is 0. The molecule has 3 rings (SSSR count). The van der Waals surface area contributed by atoms with Gasteiger partial charge < -0.3 is 5.32 Å². The van der Waals surface area contributed by atoms with Crippen LogP contribution in [0.4, 0.5) is 4.39 Å². The van der Waals surface area contributed by atoms with Crippen LogP contribution in [-0.4, -0.2) is 0 Å². The van der Waals surface area contributed by atoms with E-state index < -0.39 is 0 Å². The van der Waals surface area contributed by atoms with Crippen LogP contribution >= 0.6 is 27.3 Å². The van der Waals surface area contributed by atoms with E-state index in [1.165, 1.54) is 21.0 Å². The molecule has 21 heavy (non-hydrogen) atoms. The highest BCUT2D eigenvalue weighted by atomic mass is 79.9. The number of thiophene rings is 1. The molecule has 0 bridgehead atoms. The fourth-order valence-electron chi connectivity index (χ4n) is 2.26. The first-order chi connectivity index (χ1) is 10.1. The molecule has 1 heterocycles. The van der Waals surface area contributed by atoms with E-state index in [4.69, 9.17) is 0 Å². The lowest BCUT2D eigenvalue weighted by Crippen LogP contribution is -2.17. The maximum atomic E-state index is 13.3. The summed E-state index contributed by atoms with van der Waals surface area (Å²) in [6.07, 6.45) is 0. The molecule has 0 fully saturated rings. The van der Waals surface area contributed by atoms with Crippen LogP contribution in [0.3, 0.4) is 0 Å². The Morgan fingerprint density at radius 2 is 2.00 bits per heavy atom. The largest absolute Gasteiger partial charge is 0.305 e. The zero-order chi connectivity index (χ0) is 14.8. The average molecular weight is 364 g/mol. The zero-order valence-corrected chi connectivity index (χ0v) is 14.0. The Balaban J connectivity index is 1.74. The monoisotopic (exact) mass is 363 g/mol. The smallest absolute Gasteiger partial charge is 0.123 e. The lowest BCUT2D eigenvalue weighted by Gasteiger charge is -2.13. The molecular formula is C17H15BrFNS. The van der Waals surface area contributed by atoms with Crippen molar-refractivity contribution in [1.82, 2.24) is 5.32 Å². The summed E-state index contributed by atoms with van der Waals surface area (Å²) >= 11 is 5.26. The number of halogens is 2. The highest BCUT2D eigenvalue weighted by Gasteiger charge is 2.10. The second-order valence-electron chi connectivity index (χ2n) is 5.02. The lowest BCUT2D eigenvalue weighted by atomic mass is 10.2. The summed E-state index contributed by atoms with van der Waals surface area (Å²) in [6, 6.07) is 15.6. The van der Waals surface area contributed by atoms with Crippen LogP contribution in [0, 0.1) is 5.82 Å². The van der Waals surface area contributed by atoms with Gasteiger partial charge in [-0.05, 0) is 48.2 Å². The Labute approximate surface area is 135 Å². The fourth-order valence-corrected chi connectivity index (χ4v) is 3.74. The van der Waals surface area contributed by atoms with Gasteiger partial charge in [0.25, 0.3) is 0 Å². The molecule has 1 unspecified atom stereocenters. The topological polar surface area (TPSA) is 12.0 Å². The van der Waals surface area contributed by atoms with E-state index in [0.717, 1.165) is 10.0 Å². The summed E-state index contributed by atoms with van der Waals surface area (Å²) in [4.78, 5) is 1.30. The highest BCUT2D eigenvalue weighted by molar-refractivity contribution is 9.10. The van der Waals surface area contributed by atoms with E-state index in [-0.39, 0.29) is 11.9 Å². The third-order valence-corrected chi connectivity index (χ3v) is 5.55. The molecule has 3 aromatic rings. The van der Waals surface area contributed by atoms with Gasteiger partial charge in [-0.25, -0.2) is 4.39 Å². The highest BCUT2D eigenvalue weighted by Crippen LogP contribution is 2.30. The van der Waals surface area contributed by atoms with Gasteiger partial charge >= 0.3 is 0 Å². The molecular weight excluding hydrogens is 349 g/mol. The zero-order valence-electron chi connectivity index (χ0n) is 11.6. The summed E-state index contributed by atoms with van der Waals surface area (Å²) in [5.74, 6) is -0.204. The van der Waals surface area contributed by atoms with Crippen molar-refractivity contribution in [3.05, 3.63) is 69.3 Å². The summed E-state index contributed by atoms with van der Waals surface area (Å²) in [5, 5.41) is 4.73. The molecule has 0 aliphatic heterocycles. The van der Waals surface area contributed by atoms with E-state index in [9.17, 15) is 4.39 Å². The first-order valence-corrected chi connectivity index (χ1v) is 8.40. The molecule has 0 amide bonds. The van der Waals surface area contributed by atoms with Crippen LogP contribution in [0.15, 0.2) is 53.0 Å². The minimum absolute atomic E-state index is 0.204. The molecule has 1 aromatic heterocycles. The number of nitrogens with one attached hydrogen (secondary N) is 1. The molecule has 1 atom stereocenters. The molecule has 4 heteroatoms. The van der Waals surface area contributed by atoms with E-state index in [2.05, 4.69) is 58.5 Å². The van der Waals surface area contributed by atoms with Crippen LogP contribution < -0.4 is 5.32 Å². The van der Waals surface area contributed by atoms with Gasteiger partial charge in [0.1, 0.15) is 5.82 Å². The van der Waals surface area contributed by atoms with Gasteiger partial charge in [0.15, 0.2) is 0 Å². The van der Waals surface area contributed by atoms with Crippen molar-refractivity contribution < 1.29 is 4.39 Å². The molecule has 1 nitrogen and oxygen atoms in total. The maximum absolute atomic E-state index is 13.3. The van der Waals surface area contributed by atoms with Gasteiger partial charge in [-0.15, -0.1) is 11.3 Å². The third-order valence-electron chi connectivity index (χ3n) is 3.48. The van der Waals surface area contributed by atoms with Crippen molar-refractivity contribution in [2.24, 2.45) is 0 Å². The lowest BCUT2D eigenvalue weighted by molar-refractivity contribution is 0.575. The van der Waals surface area contributed by atoms with Gasteiger partial charge in [-0.1, -0.05) is 34.1 Å². The van der Waals surface area contributed by atoms with Crippen molar-refractivity contribution >= 4 is 37.4 Å².